The Morgan fingerprint density at radius 1 is 0.800 bits per heavy atom. The Labute approximate surface area is 150 Å². The van der Waals surface area contributed by atoms with Gasteiger partial charge in [0.05, 0.1) is 11.2 Å². The Morgan fingerprint density at radius 3 is 2.56 bits per heavy atom. The Balaban J connectivity index is 1.58. The highest BCUT2D eigenvalue weighted by molar-refractivity contribution is 6.04. The van der Waals surface area contributed by atoms with Crippen LogP contribution < -0.4 is 0 Å². The number of aromatic nitrogens is 1. The monoisotopic (exact) mass is 327 g/mol. The maximum absolute atomic E-state index is 4.93. The second-order valence-corrected chi connectivity index (χ2v) is 7.04. The summed E-state index contributed by atoms with van der Waals surface area (Å²) in [6, 6.07) is 17.5. The summed E-state index contributed by atoms with van der Waals surface area (Å²) in [5.74, 6) is 0. The lowest BCUT2D eigenvalue weighted by Gasteiger charge is -2.08. The number of hydrogen-bond donors (Lipinski definition) is 0. The topological polar surface area (TPSA) is 12.9 Å². The molecule has 0 spiro atoms. The van der Waals surface area contributed by atoms with Gasteiger partial charge in [0, 0.05) is 10.9 Å². The molecule has 1 aliphatic carbocycles. The van der Waals surface area contributed by atoms with E-state index < -0.39 is 0 Å². The first kappa shape index (κ1) is 16.1. The first-order chi connectivity index (χ1) is 12.3. The minimum Gasteiger partial charge on any atom is -0.248 e. The number of pyridine rings is 1. The zero-order chi connectivity index (χ0) is 17.1. The summed E-state index contributed by atoms with van der Waals surface area (Å²) in [5, 5.41) is 1.29. The molecule has 3 aromatic rings. The normalized spacial score (nSPS) is 12.2. The average Bonchev–Trinajstić information content (AvgIpc) is 3.07. The van der Waals surface area contributed by atoms with Crippen molar-refractivity contribution < 1.29 is 0 Å². The van der Waals surface area contributed by atoms with Gasteiger partial charge in [-0.2, -0.15) is 0 Å². The Morgan fingerprint density at radius 2 is 1.64 bits per heavy atom. The molecule has 0 atom stereocenters. The number of aryl methyl sites for hydroxylation is 1. The van der Waals surface area contributed by atoms with Gasteiger partial charge in [-0.1, -0.05) is 75.1 Å². The van der Waals surface area contributed by atoms with Gasteiger partial charge in [0.2, 0.25) is 0 Å². The molecular formula is C24H25N. The molecule has 2 aromatic carbocycles. The molecule has 0 amide bonds. The molecule has 0 unspecified atom stereocenters. The molecule has 1 heterocycles. The lowest BCUT2D eigenvalue weighted by Crippen LogP contribution is -1.91. The highest BCUT2D eigenvalue weighted by Gasteiger charge is 2.12. The van der Waals surface area contributed by atoms with E-state index in [1.165, 1.54) is 66.2 Å². The van der Waals surface area contributed by atoms with Gasteiger partial charge in [-0.25, -0.2) is 4.98 Å². The first-order valence-electron chi connectivity index (χ1n) is 9.56. The van der Waals surface area contributed by atoms with Crippen molar-refractivity contribution in [2.24, 2.45) is 0 Å². The first-order valence-corrected chi connectivity index (χ1v) is 9.56. The van der Waals surface area contributed by atoms with Gasteiger partial charge in [-0.15, -0.1) is 0 Å². The van der Waals surface area contributed by atoms with Crippen LogP contribution in [0.3, 0.4) is 0 Å². The molecule has 0 aliphatic heterocycles. The fraction of sp³-hybridized carbons (Fsp3) is 0.292. The minimum absolute atomic E-state index is 1.08. The predicted molar refractivity (Wildman–Crippen MR) is 109 cm³/mol. The standard InChI is InChI=1S/C24H25N/c1-2-3-4-5-6-9-18-10-7-12-20(16-18)23-17-21-15-14-19-11-8-13-22(25-23)24(19)21/h7-8,10-17H,2-6,9H2,1H3. The van der Waals surface area contributed by atoms with Crippen molar-refractivity contribution in [3.05, 3.63) is 65.2 Å². The van der Waals surface area contributed by atoms with Crippen LogP contribution in [-0.4, -0.2) is 4.98 Å². The Hall–Kier alpha value is -2.41. The van der Waals surface area contributed by atoms with Gasteiger partial charge in [0.1, 0.15) is 0 Å². The van der Waals surface area contributed by atoms with Crippen molar-refractivity contribution in [3.63, 3.8) is 0 Å². The van der Waals surface area contributed by atoms with E-state index in [2.05, 4.69) is 67.6 Å². The molecule has 0 N–H and O–H groups in total. The van der Waals surface area contributed by atoms with Crippen molar-refractivity contribution in [2.75, 3.05) is 0 Å². The minimum atomic E-state index is 1.08. The van der Waals surface area contributed by atoms with E-state index >= 15 is 0 Å². The molecular weight excluding hydrogens is 302 g/mol. The van der Waals surface area contributed by atoms with Crippen LogP contribution >= 0.6 is 0 Å². The molecule has 0 saturated heterocycles. The van der Waals surface area contributed by atoms with Gasteiger partial charge in [-0.05, 0) is 47.7 Å². The molecule has 0 radical (unpaired) electrons. The van der Waals surface area contributed by atoms with Gasteiger partial charge >= 0.3 is 0 Å². The van der Waals surface area contributed by atoms with Gasteiger partial charge in [-0.3, -0.25) is 0 Å². The molecule has 1 nitrogen and oxygen atoms in total. The van der Waals surface area contributed by atoms with Crippen molar-refractivity contribution in [2.45, 2.75) is 45.4 Å². The quantitative estimate of drug-likeness (QED) is 0.336. The molecule has 0 bridgehead atoms. The van der Waals surface area contributed by atoms with Crippen LogP contribution in [0.1, 0.15) is 55.7 Å². The molecule has 126 valence electrons. The van der Waals surface area contributed by atoms with E-state index in [4.69, 9.17) is 4.98 Å². The molecule has 1 aromatic heterocycles. The molecule has 1 aliphatic rings. The number of benzene rings is 2. The lowest BCUT2D eigenvalue weighted by atomic mass is 10.0. The number of rotatable bonds is 7. The van der Waals surface area contributed by atoms with E-state index in [0.29, 0.717) is 0 Å². The highest BCUT2D eigenvalue weighted by Crippen LogP contribution is 2.33. The SMILES string of the molecule is CCCCCCCc1cccc(-c2cc3c4c(cccc4n2)C=C3)c1. The molecule has 0 fully saturated rings. The van der Waals surface area contributed by atoms with Crippen LogP contribution in [0.15, 0.2) is 48.5 Å². The van der Waals surface area contributed by atoms with Crippen molar-refractivity contribution in [1.29, 1.82) is 0 Å². The number of hydrogen-bond acceptors (Lipinski definition) is 1. The number of unbranched alkanes of at least 4 members (excludes halogenated alkanes) is 4. The third-order valence-electron chi connectivity index (χ3n) is 5.13. The second-order valence-electron chi connectivity index (χ2n) is 7.04. The van der Waals surface area contributed by atoms with Crippen LogP contribution in [0.4, 0.5) is 0 Å². The van der Waals surface area contributed by atoms with E-state index in [-0.39, 0.29) is 0 Å². The molecule has 25 heavy (non-hydrogen) atoms. The largest absolute Gasteiger partial charge is 0.248 e. The summed E-state index contributed by atoms with van der Waals surface area (Å²) >= 11 is 0. The van der Waals surface area contributed by atoms with Crippen LogP contribution in [0, 0.1) is 0 Å². The Kier molecular flexibility index (Phi) is 4.65. The van der Waals surface area contributed by atoms with Crippen molar-refractivity contribution >= 4 is 23.1 Å². The average molecular weight is 327 g/mol. The maximum atomic E-state index is 4.93. The van der Waals surface area contributed by atoms with Crippen LogP contribution in [0.2, 0.25) is 0 Å². The zero-order valence-corrected chi connectivity index (χ0v) is 15.0. The summed E-state index contributed by atoms with van der Waals surface area (Å²) in [6.45, 7) is 2.27. The lowest BCUT2D eigenvalue weighted by molar-refractivity contribution is 0.632. The van der Waals surface area contributed by atoms with E-state index in [9.17, 15) is 0 Å². The van der Waals surface area contributed by atoms with Gasteiger partial charge in [0.25, 0.3) is 0 Å². The van der Waals surface area contributed by atoms with Crippen LogP contribution in [-0.2, 0) is 6.42 Å². The third-order valence-corrected chi connectivity index (χ3v) is 5.13. The van der Waals surface area contributed by atoms with Crippen molar-refractivity contribution in [1.82, 2.24) is 4.98 Å². The summed E-state index contributed by atoms with van der Waals surface area (Å²) in [4.78, 5) is 4.93. The molecule has 4 rings (SSSR count). The second kappa shape index (κ2) is 7.23. The smallest absolute Gasteiger partial charge is 0.0721 e. The molecule has 1 heteroatoms. The van der Waals surface area contributed by atoms with E-state index in [1.54, 1.807) is 0 Å². The van der Waals surface area contributed by atoms with Crippen LogP contribution in [0.5, 0.6) is 0 Å². The number of nitrogens with zero attached hydrogens (tertiary/aromatic N) is 1. The van der Waals surface area contributed by atoms with E-state index in [1.807, 2.05) is 0 Å². The predicted octanol–water partition coefficient (Wildman–Crippen LogP) is 6.90. The third kappa shape index (κ3) is 3.37. The van der Waals surface area contributed by atoms with Crippen LogP contribution in [0.25, 0.3) is 34.3 Å². The van der Waals surface area contributed by atoms with Gasteiger partial charge in [0.15, 0.2) is 0 Å². The summed E-state index contributed by atoms with van der Waals surface area (Å²) in [6.07, 6.45) is 12.2. The summed E-state index contributed by atoms with van der Waals surface area (Å²) in [5.41, 5.74) is 7.42. The summed E-state index contributed by atoms with van der Waals surface area (Å²) < 4.78 is 0. The maximum Gasteiger partial charge on any atom is 0.0721 e. The van der Waals surface area contributed by atoms with Crippen molar-refractivity contribution in [3.8, 4) is 11.3 Å². The fourth-order valence-corrected chi connectivity index (χ4v) is 3.76. The fourth-order valence-electron chi connectivity index (χ4n) is 3.76. The highest BCUT2D eigenvalue weighted by atomic mass is 14.7. The Bertz CT molecular complexity index is 921. The van der Waals surface area contributed by atoms with Gasteiger partial charge < -0.3 is 0 Å². The summed E-state index contributed by atoms with van der Waals surface area (Å²) in [7, 11) is 0. The molecule has 0 saturated carbocycles. The zero-order valence-electron chi connectivity index (χ0n) is 15.0. The van der Waals surface area contributed by atoms with E-state index in [0.717, 1.165) is 11.2 Å².